The van der Waals surface area contributed by atoms with Crippen LogP contribution in [0.4, 0.5) is 9.52 Å². The van der Waals surface area contributed by atoms with E-state index in [1.165, 1.54) is 40.7 Å². The van der Waals surface area contributed by atoms with Gasteiger partial charge in [0, 0.05) is 38.0 Å². The van der Waals surface area contributed by atoms with Crippen LogP contribution in [0.15, 0.2) is 30.6 Å². The highest BCUT2D eigenvalue weighted by Crippen LogP contribution is 2.37. The molecule has 0 bridgehead atoms. The third kappa shape index (κ3) is 3.34. The largest absolute Gasteiger partial charge is 0.365 e. The van der Waals surface area contributed by atoms with E-state index in [-0.39, 0.29) is 23.3 Å². The zero-order valence-electron chi connectivity index (χ0n) is 16.7. The van der Waals surface area contributed by atoms with Gasteiger partial charge in [0.1, 0.15) is 21.9 Å². The molecule has 1 aromatic carbocycles. The molecule has 31 heavy (non-hydrogen) atoms. The number of carbonyl (C=O) groups is 2. The van der Waals surface area contributed by atoms with Crippen LogP contribution >= 0.6 is 11.3 Å². The fourth-order valence-corrected chi connectivity index (χ4v) is 5.39. The predicted octanol–water partition coefficient (Wildman–Crippen LogP) is 1.48. The minimum absolute atomic E-state index is 0.0165. The number of fused-ring (bicyclic) bond motifs is 1. The highest BCUT2D eigenvalue weighted by Gasteiger charge is 2.43. The summed E-state index contributed by atoms with van der Waals surface area (Å²) in [5.41, 5.74) is 6.36. The SMILES string of the molecule is Cc1nc(N2CC3CN(C(=O)c4c(F)cccc4-n4nccn4)CC3C2)sc1C(N)=O. The van der Waals surface area contributed by atoms with Gasteiger partial charge in [-0.25, -0.2) is 9.37 Å². The first-order valence-electron chi connectivity index (χ1n) is 9.89. The van der Waals surface area contributed by atoms with E-state index >= 15 is 0 Å². The van der Waals surface area contributed by atoms with Crippen molar-refractivity contribution < 1.29 is 14.0 Å². The van der Waals surface area contributed by atoms with Crippen molar-refractivity contribution in [2.45, 2.75) is 6.92 Å². The van der Waals surface area contributed by atoms with Crippen molar-refractivity contribution >= 4 is 28.3 Å². The van der Waals surface area contributed by atoms with Gasteiger partial charge in [0.2, 0.25) is 0 Å². The molecule has 11 heteroatoms. The van der Waals surface area contributed by atoms with Crippen LogP contribution in [0.1, 0.15) is 25.7 Å². The van der Waals surface area contributed by atoms with E-state index in [1.54, 1.807) is 17.9 Å². The van der Waals surface area contributed by atoms with Crippen molar-refractivity contribution in [2.24, 2.45) is 17.6 Å². The van der Waals surface area contributed by atoms with E-state index in [2.05, 4.69) is 20.1 Å². The van der Waals surface area contributed by atoms with Crippen molar-refractivity contribution in [1.29, 1.82) is 0 Å². The van der Waals surface area contributed by atoms with Crippen molar-refractivity contribution in [3.63, 3.8) is 0 Å². The van der Waals surface area contributed by atoms with E-state index < -0.39 is 11.7 Å². The van der Waals surface area contributed by atoms with E-state index in [0.29, 0.717) is 29.3 Å². The van der Waals surface area contributed by atoms with Crippen LogP contribution in [-0.2, 0) is 0 Å². The van der Waals surface area contributed by atoms with Gasteiger partial charge in [-0.2, -0.15) is 15.0 Å². The van der Waals surface area contributed by atoms with Gasteiger partial charge in [0.15, 0.2) is 5.13 Å². The zero-order valence-corrected chi connectivity index (χ0v) is 17.5. The van der Waals surface area contributed by atoms with Crippen LogP contribution in [-0.4, -0.2) is 62.9 Å². The number of aromatic nitrogens is 4. The molecule has 2 N–H and O–H groups in total. The lowest BCUT2D eigenvalue weighted by Gasteiger charge is -2.22. The van der Waals surface area contributed by atoms with Gasteiger partial charge in [-0.05, 0) is 19.1 Å². The number of primary amides is 1. The maximum Gasteiger partial charge on any atom is 0.260 e. The number of nitrogens with two attached hydrogens (primary N) is 1. The van der Waals surface area contributed by atoms with Crippen molar-refractivity contribution in [3.8, 4) is 5.69 Å². The van der Waals surface area contributed by atoms with E-state index in [4.69, 9.17) is 5.73 Å². The number of thiazole rings is 1. The molecule has 4 heterocycles. The Morgan fingerprint density at radius 3 is 2.42 bits per heavy atom. The molecule has 0 saturated carbocycles. The van der Waals surface area contributed by atoms with Crippen molar-refractivity contribution in [1.82, 2.24) is 24.9 Å². The Morgan fingerprint density at radius 1 is 1.13 bits per heavy atom. The summed E-state index contributed by atoms with van der Waals surface area (Å²) in [5, 5.41) is 8.86. The summed E-state index contributed by atoms with van der Waals surface area (Å²) in [6.45, 7) is 4.30. The van der Waals surface area contributed by atoms with Crippen LogP contribution in [0.3, 0.4) is 0 Å². The number of halogens is 1. The van der Waals surface area contributed by atoms with Crippen LogP contribution in [0.25, 0.3) is 5.69 Å². The van der Waals surface area contributed by atoms with Crippen molar-refractivity contribution in [2.75, 3.05) is 31.1 Å². The van der Waals surface area contributed by atoms with Gasteiger partial charge in [0.05, 0.1) is 18.1 Å². The molecular weight excluding hydrogens is 421 g/mol. The van der Waals surface area contributed by atoms with E-state index in [0.717, 1.165) is 18.2 Å². The van der Waals surface area contributed by atoms with E-state index in [1.807, 2.05) is 0 Å². The van der Waals surface area contributed by atoms with Gasteiger partial charge in [-0.1, -0.05) is 17.4 Å². The molecule has 0 spiro atoms. The number of carbonyl (C=O) groups excluding carboxylic acids is 2. The molecule has 2 saturated heterocycles. The first kappa shape index (κ1) is 19.6. The first-order valence-corrected chi connectivity index (χ1v) is 10.7. The molecule has 0 radical (unpaired) electrons. The van der Waals surface area contributed by atoms with Crippen molar-refractivity contribution in [3.05, 3.63) is 52.5 Å². The molecule has 2 amide bonds. The molecule has 2 unspecified atom stereocenters. The standard InChI is InChI=1S/C20H20FN7O2S/c1-11-17(18(22)29)31-20(25-11)27-9-12-7-26(8-13(12)10-27)19(30)16-14(21)3-2-4-15(16)28-23-5-6-24-28/h2-6,12-13H,7-10H2,1H3,(H2,22,29). The average Bonchev–Trinajstić information content (AvgIpc) is 3.49. The normalized spacial score (nSPS) is 20.3. The predicted molar refractivity (Wildman–Crippen MR) is 112 cm³/mol. The first-order chi connectivity index (χ1) is 14.9. The maximum absolute atomic E-state index is 14.7. The highest BCUT2D eigenvalue weighted by atomic mass is 32.1. The van der Waals surface area contributed by atoms with Crippen LogP contribution in [0, 0.1) is 24.6 Å². The van der Waals surface area contributed by atoms with Crippen LogP contribution in [0.2, 0.25) is 0 Å². The molecule has 5 rings (SSSR count). The Balaban J connectivity index is 1.33. The van der Waals surface area contributed by atoms with Crippen LogP contribution in [0.5, 0.6) is 0 Å². The summed E-state index contributed by atoms with van der Waals surface area (Å²) in [6.07, 6.45) is 2.97. The molecular formula is C20H20FN7O2S. The Labute approximate surface area is 181 Å². The zero-order chi connectivity index (χ0) is 21.7. The molecule has 2 fully saturated rings. The third-order valence-corrected chi connectivity index (χ3v) is 7.13. The second kappa shape index (κ2) is 7.41. The number of amides is 2. The van der Waals surface area contributed by atoms with Crippen LogP contribution < -0.4 is 10.6 Å². The third-order valence-electron chi connectivity index (χ3n) is 5.89. The Bertz CT molecular complexity index is 1150. The maximum atomic E-state index is 14.7. The molecule has 0 aliphatic carbocycles. The van der Waals surface area contributed by atoms with Gasteiger partial charge in [0.25, 0.3) is 11.8 Å². The number of anilines is 1. The average molecular weight is 441 g/mol. The molecule has 2 aromatic heterocycles. The summed E-state index contributed by atoms with van der Waals surface area (Å²) in [4.78, 5) is 34.8. The second-order valence-electron chi connectivity index (χ2n) is 7.86. The Morgan fingerprint density at radius 2 is 1.81 bits per heavy atom. The fourth-order valence-electron chi connectivity index (χ4n) is 4.45. The topological polar surface area (TPSA) is 110 Å². The fraction of sp³-hybridized carbons (Fsp3) is 0.350. The summed E-state index contributed by atoms with van der Waals surface area (Å²) in [5.74, 6) is -0.903. The smallest absolute Gasteiger partial charge is 0.260 e. The Kier molecular flexibility index (Phi) is 4.69. The number of hydrogen-bond donors (Lipinski definition) is 1. The summed E-state index contributed by atoms with van der Waals surface area (Å²) >= 11 is 1.30. The number of rotatable bonds is 4. The molecule has 2 aliphatic rings. The lowest BCUT2D eigenvalue weighted by molar-refractivity contribution is 0.0777. The summed E-state index contributed by atoms with van der Waals surface area (Å²) in [6, 6.07) is 4.45. The monoisotopic (exact) mass is 441 g/mol. The van der Waals surface area contributed by atoms with Gasteiger partial charge in [-0.15, -0.1) is 0 Å². The van der Waals surface area contributed by atoms with E-state index in [9.17, 15) is 14.0 Å². The van der Waals surface area contributed by atoms with Gasteiger partial charge in [-0.3, -0.25) is 9.59 Å². The second-order valence-corrected chi connectivity index (χ2v) is 8.84. The van der Waals surface area contributed by atoms with Gasteiger partial charge >= 0.3 is 0 Å². The Hall–Kier alpha value is -3.34. The lowest BCUT2D eigenvalue weighted by Crippen LogP contribution is -2.34. The highest BCUT2D eigenvalue weighted by molar-refractivity contribution is 7.17. The summed E-state index contributed by atoms with van der Waals surface area (Å²) < 4.78 is 14.7. The summed E-state index contributed by atoms with van der Waals surface area (Å²) in [7, 11) is 0. The number of hydrogen-bond acceptors (Lipinski definition) is 7. The minimum atomic E-state index is -0.587. The molecule has 160 valence electrons. The number of benzene rings is 1. The number of likely N-dealkylation sites (tertiary alicyclic amines) is 1. The molecule has 2 atom stereocenters. The quantitative estimate of drug-likeness (QED) is 0.657. The van der Waals surface area contributed by atoms with Gasteiger partial charge < -0.3 is 15.5 Å². The number of nitrogens with zero attached hydrogens (tertiary/aromatic N) is 6. The minimum Gasteiger partial charge on any atom is -0.365 e. The molecule has 9 nitrogen and oxygen atoms in total. The molecule has 3 aromatic rings. The molecule has 2 aliphatic heterocycles. The number of aryl methyl sites for hydroxylation is 1. The lowest BCUT2D eigenvalue weighted by atomic mass is 10.0.